The summed E-state index contributed by atoms with van der Waals surface area (Å²) in [5.41, 5.74) is 7.65. The van der Waals surface area contributed by atoms with Crippen molar-refractivity contribution in [2.75, 3.05) is 12.8 Å². The van der Waals surface area contributed by atoms with Crippen LogP contribution < -0.4 is 20.5 Å². The second kappa shape index (κ2) is 5.92. The number of rotatable bonds is 3. The number of benzene rings is 2. The molecule has 0 aliphatic carbocycles. The molecule has 24 heavy (non-hydrogen) atoms. The van der Waals surface area contributed by atoms with E-state index in [1.54, 1.807) is 37.5 Å². The molecule has 1 aliphatic rings. The Bertz CT molecular complexity index is 825. The van der Waals surface area contributed by atoms with Crippen LogP contribution in [0.15, 0.2) is 48.5 Å². The number of carbonyl (C=O) groups is 1. The topological polar surface area (TPSA) is 73.6 Å². The van der Waals surface area contributed by atoms with Gasteiger partial charge in [-0.05, 0) is 44.2 Å². The fourth-order valence-electron chi connectivity index (χ4n) is 2.67. The van der Waals surface area contributed by atoms with Gasteiger partial charge in [0.1, 0.15) is 11.5 Å². The number of methoxy groups -OCH3 is 1. The number of allylic oxidation sites excluding steroid dienone is 1. The Hall–Kier alpha value is -2.95. The van der Waals surface area contributed by atoms with E-state index in [0.29, 0.717) is 28.4 Å². The van der Waals surface area contributed by atoms with Crippen LogP contribution in [0.4, 0.5) is 5.69 Å². The highest BCUT2D eigenvalue weighted by Gasteiger charge is 2.29. The molecule has 0 bridgehead atoms. The quantitative estimate of drug-likeness (QED) is 0.515. The third kappa shape index (κ3) is 3.06. The molecule has 0 unspecified atom stereocenters. The van der Waals surface area contributed by atoms with Crippen LogP contribution in [0.3, 0.4) is 0 Å². The first-order valence-corrected chi connectivity index (χ1v) is 7.66. The molecule has 0 saturated carbocycles. The molecule has 3 rings (SSSR count). The molecule has 0 fully saturated rings. The van der Waals surface area contributed by atoms with Gasteiger partial charge < -0.3 is 20.5 Å². The van der Waals surface area contributed by atoms with Crippen molar-refractivity contribution < 1.29 is 14.3 Å². The van der Waals surface area contributed by atoms with E-state index in [9.17, 15) is 4.79 Å². The van der Waals surface area contributed by atoms with Crippen molar-refractivity contribution in [3.63, 3.8) is 0 Å². The molecule has 0 atom stereocenters. The standard InChI is InChI=1S/C19H20N2O3/c1-19(2)21-16(11-17(22)13-6-4-5-7-15(13)20)14-10-12(23-3)8-9-18(14)24-19/h4-11,21H,20H2,1-3H3/b16-11-. The van der Waals surface area contributed by atoms with Gasteiger partial charge in [0.05, 0.1) is 12.8 Å². The van der Waals surface area contributed by atoms with Crippen LogP contribution in [0, 0.1) is 0 Å². The lowest BCUT2D eigenvalue weighted by molar-refractivity contribution is 0.0815. The van der Waals surface area contributed by atoms with Gasteiger partial charge in [-0.25, -0.2) is 0 Å². The number of anilines is 1. The van der Waals surface area contributed by atoms with Crippen LogP contribution in [0.2, 0.25) is 0 Å². The minimum atomic E-state index is -0.629. The Morgan fingerprint density at radius 3 is 2.71 bits per heavy atom. The van der Waals surface area contributed by atoms with Gasteiger partial charge in [-0.2, -0.15) is 0 Å². The van der Waals surface area contributed by atoms with E-state index in [0.717, 1.165) is 5.56 Å². The molecule has 0 amide bonds. The number of fused-ring (bicyclic) bond motifs is 1. The lowest BCUT2D eigenvalue weighted by atomic mass is 10.0. The maximum Gasteiger partial charge on any atom is 0.189 e. The number of carbonyl (C=O) groups excluding carboxylic acids is 1. The van der Waals surface area contributed by atoms with Gasteiger partial charge in [0, 0.05) is 22.9 Å². The van der Waals surface area contributed by atoms with Crippen molar-refractivity contribution in [2.45, 2.75) is 19.6 Å². The fourth-order valence-corrected chi connectivity index (χ4v) is 2.67. The molecule has 1 aliphatic heterocycles. The molecule has 5 heteroatoms. The van der Waals surface area contributed by atoms with Crippen LogP contribution in [0.1, 0.15) is 29.8 Å². The van der Waals surface area contributed by atoms with Crippen LogP contribution >= 0.6 is 0 Å². The number of hydrogen-bond donors (Lipinski definition) is 2. The van der Waals surface area contributed by atoms with Gasteiger partial charge in [0.2, 0.25) is 0 Å². The Labute approximate surface area is 141 Å². The summed E-state index contributed by atoms with van der Waals surface area (Å²) in [7, 11) is 1.60. The molecule has 124 valence electrons. The predicted octanol–water partition coefficient (Wildman–Crippen LogP) is 3.22. The number of nitrogens with one attached hydrogen (secondary N) is 1. The number of ketones is 1. The normalized spacial score (nSPS) is 16.7. The summed E-state index contributed by atoms with van der Waals surface area (Å²) in [6, 6.07) is 12.5. The van der Waals surface area contributed by atoms with Crippen LogP contribution in [0.5, 0.6) is 11.5 Å². The minimum Gasteiger partial charge on any atom is -0.497 e. The SMILES string of the molecule is COc1ccc2c(c1)/C(=C/C(=O)c1ccccc1N)NC(C)(C)O2. The average molecular weight is 324 g/mol. The number of ether oxygens (including phenoxy) is 2. The molecule has 1 heterocycles. The largest absolute Gasteiger partial charge is 0.497 e. The van der Waals surface area contributed by atoms with Crippen molar-refractivity contribution in [1.29, 1.82) is 0 Å². The van der Waals surface area contributed by atoms with E-state index < -0.39 is 5.72 Å². The second-order valence-corrected chi connectivity index (χ2v) is 6.11. The van der Waals surface area contributed by atoms with Crippen LogP contribution in [-0.2, 0) is 0 Å². The molecule has 0 aromatic heterocycles. The van der Waals surface area contributed by atoms with E-state index in [4.69, 9.17) is 15.2 Å². The summed E-state index contributed by atoms with van der Waals surface area (Å²) in [4.78, 5) is 12.6. The molecule has 2 aromatic carbocycles. The summed E-state index contributed by atoms with van der Waals surface area (Å²) in [5, 5.41) is 3.24. The monoisotopic (exact) mass is 324 g/mol. The van der Waals surface area contributed by atoms with Crippen molar-refractivity contribution in [2.24, 2.45) is 0 Å². The first kappa shape index (κ1) is 15.9. The zero-order chi connectivity index (χ0) is 17.3. The molecule has 5 nitrogen and oxygen atoms in total. The van der Waals surface area contributed by atoms with Crippen molar-refractivity contribution in [3.8, 4) is 11.5 Å². The van der Waals surface area contributed by atoms with Crippen molar-refractivity contribution >= 4 is 17.2 Å². The lowest BCUT2D eigenvalue weighted by Gasteiger charge is -2.36. The number of nitrogens with two attached hydrogens (primary N) is 1. The Morgan fingerprint density at radius 2 is 2.00 bits per heavy atom. The zero-order valence-corrected chi connectivity index (χ0v) is 13.9. The Balaban J connectivity index is 2.07. The van der Waals surface area contributed by atoms with Crippen molar-refractivity contribution in [3.05, 3.63) is 59.7 Å². The van der Waals surface area contributed by atoms with E-state index >= 15 is 0 Å². The lowest BCUT2D eigenvalue weighted by Crippen LogP contribution is -2.46. The van der Waals surface area contributed by atoms with Crippen LogP contribution in [-0.4, -0.2) is 18.6 Å². The maximum absolute atomic E-state index is 12.6. The third-order valence-corrected chi connectivity index (χ3v) is 3.78. The molecular formula is C19H20N2O3. The summed E-state index contributed by atoms with van der Waals surface area (Å²) < 4.78 is 11.2. The van der Waals surface area contributed by atoms with Crippen molar-refractivity contribution in [1.82, 2.24) is 5.32 Å². The molecule has 3 N–H and O–H groups in total. The fraction of sp³-hybridized carbons (Fsp3) is 0.211. The van der Waals surface area contributed by atoms with E-state index in [2.05, 4.69) is 5.32 Å². The molecule has 2 aromatic rings. The van der Waals surface area contributed by atoms with Gasteiger partial charge in [-0.1, -0.05) is 12.1 Å². The maximum atomic E-state index is 12.6. The summed E-state index contributed by atoms with van der Waals surface area (Å²) in [6.45, 7) is 3.80. The zero-order valence-electron chi connectivity index (χ0n) is 13.9. The predicted molar refractivity (Wildman–Crippen MR) is 94.0 cm³/mol. The van der Waals surface area contributed by atoms with E-state index in [1.807, 2.05) is 32.0 Å². The molecule has 0 spiro atoms. The average Bonchev–Trinajstić information content (AvgIpc) is 2.54. The summed E-state index contributed by atoms with van der Waals surface area (Å²) in [5.74, 6) is 1.22. The molecule has 0 saturated heterocycles. The third-order valence-electron chi connectivity index (χ3n) is 3.78. The Kier molecular flexibility index (Phi) is 3.93. The highest BCUT2D eigenvalue weighted by Crippen LogP contribution is 2.36. The second-order valence-electron chi connectivity index (χ2n) is 6.11. The minimum absolute atomic E-state index is 0.165. The van der Waals surface area contributed by atoms with Gasteiger partial charge in [-0.15, -0.1) is 0 Å². The van der Waals surface area contributed by atoms with Gasteiger partial charge in [0.25, 0.3) is 0 Å². The molecular weight excluding hydrogens is 304 g/mol. The van der Waals surface area contributed by atoms with Gasteiger partial charge >= 0.3 is 0 Å². The summed E-state index contributed by atoms with van der Waals surface area (Å²) in [6.07, 6.45) is 1.55. The molecule has 0 radical (unpaired) electrons. The number of para-hydroxylation sites is 1. The Morgan fingerprint density at radius 1 is 1.25 bits per heavy atom. The first-order chi connectivity index (χ1) is 11.4. The van der Waals surface area contributed by atoms with Gasteiger partial charge in [-0.3, -0.25) is 4.79 Å². The van der Waals surface area contributed by atoms with E-state index in [-0.39, 0.29) is 5.78 Å². The summed E-state index contributed by atoms with van der Waals surface area (Å²) >= 11 is 0. The first-order valence-electron chi connectivity index (χ1n) is 7.66. The van der Waals surface area contributed by atoms with Gasteiger partial charge in [0.15, 0.2) is 11.5 Å². The van der Waals surface area contributed by atoms with Crippen LogP contribution in [0.25, 0.3) is 5.70 Å². The number of nitrogen functional groups attached to an aromatic ring is 1. The highest BCUT2D eigenvalue weighted by atomic mass is 16.5. The highest BCUT2D eigenvalue weighted by molar-refractivity contribution is 6.11. The number of hydrogen-bond acceptors (Lipinski definition) is 5. The van der Waals surface area contributed by atoms with E-state index in [1.165, 1.54) is 0 Å². The smallest absolute Gasteiger partial charge is 0.189 e.